The van der Waals surface area contributed by atoms with E-state index < -0.39 is 4.92 Å². The lowest BCUT2D eigenvalue weighted by molar-refractivity contribution is -0.384. The van der Waals surface area contributed by atoms with E-state index in [-0.39, 0.29) is 5.69 Å². The van der Waals surface area contributed by atoms with Gasteiger partial charge in [0.1, 0.15) is 5.82 Å². The Balaban J connectivity index is 1.99. The smallest absolute Gasteiger partial charge is 0.269 e. The van der Waals surface area contributed by atoms with Gasteiger partial charge >= 0.3 is 0 Å². The molecule has 0 aliphatic heterocycles. The first-order valence-corrected chi connectivity index (χ1v) is 6.49. The number of hydrogen-bond acceptors (Lipinski definition) is 3. The average Bonchev–Trinajstić information content (AvgIpc) is 2.90. The predicted octanol–water partition coefficient (Wildman–Crippen LogP) is 3.66. The summed E-state index contributed by atoms with van der Waals surface area (Å²) in [5.41, 5.74) is 2.77. The number of benzene rings is 2. The molecule has 0 spiro atoms. The number of nitro benzene ring substituents is 1. The van der Waals surface area contributed by atoms with Crippen molar-refractivity contribution in [2.24, 2.45) is 7.05 Å². The molecule has 0 atom stereocenters. The molecule has 0 unspecified atom stereocenters. The minimum Gasteiger partial charge on any atom is -0.333 e. The third-order valence-corrected chi connectivity index (χ3v) is 3.28. The average molecular weight is 279 g/mol. The van der Waals surface area contributed by atoms with Crippen LogP contribution < -0.4 is 0 Å². The highest BCUT2D eigenvalue weighted by Gasteiger charge is 2.10. The topological polar surface area (TPSA) is 61.0 Å². The number of aryl methyl sites for hydroxylation is 1. The Bertz CT molecular complexity index is 777. The molecule has 5 heteroatoms. The van der Waals surface area contributed by atoms with Crippen molar-refractivity contribution in [2.45, 2.75) is 0 Å². The molecule has 3 rings (SSSR count). The number of imidazole rings is 1. The summed E-state index contributed by atoms with van der Waals surface area (Å²) in [6.07, 6.45) is 1.92. The van der Waals surface area contributed by atoms with Crippen LogP contribution in [0.4, 0.5) is 5.69 Å². The van der Waals surface area contributed by atoms with Crippen LogP contribution in [0.25, 0.3) is 22.6 Å². The second-order valence-electron chi connectivity index (χ2n) is 4.73. The summed E-state index contributed by atoms with van der Waals surface area (Å²) in [5.74, 6) is 0.865. The lowest BCUT2D eigenvalue weighted by atomic mass is 10.1. The van der Waals surface area contributed by atoms with Crippen molar-refractivity contribution >= 4 is 5.69 Å². The van der Waals surface area contributed by atoms with Crippen molar-refractivity contribution in [3.63, 3.8) is 0 Å². The maximum Gasteiger partial charge on any atom is 0.269 e. The fourth-order valence-electron chi connectivity index (χ4n) is 2.21. The van der Waals surface area contributed by atoms with E-state index in [4.69, 9.17) is 0 Å². The highest BCUT2D eigenvalue weighted by atomic mass is 16.6. The molecule has 0 aliphatic rings. The molecule has 21 heavy (non-hydrogen) atoms. The second-order valence-corrected chi connectivity index (χ2v) is 4.73. The van der Waals surface area contributed by atoms with E-state index in [9.17, 15) is 10.1 Å². The molecular formula is C16H13N3O2. The minimum absolute atomic E-state index is 0.0814. The predicted molar refractivity (Wildman–Crippen MR) is 80.7 cm³/mol. The monoisotopic (exact) mass is 279 g/mol. The van der Waals surface area contributed by atoms with Crippen molar-refractivity contribution in [3.8, 4) is 22.6 Å². The Morgan fingerprint density at radius 2 is 1.67 bits per heavy atom. The summed E-state index contributed by atoms with van der Waals surface area (Å²) >= 11 is 0. The molecule has 0 saturated carbocycles. The van der Waals surface area contributed by atoms with Crippen LogP contribution in [0.1, 0.15) is 0 Å². The Morgan fingerprint density at radius 1 is 1.00 bits per heavy atom. The van der Waals surface area contributed by atoms with Crippen LogP contribution in [0.3, 0.4) is 0 Å². The van der Waals surface area contributed by atoms with Gasteiger partial charge in [-0.05, 0) is 12.1 Å². The third-order valence-electron chi connectivity index (χ3n) is 3.28. The number of nitro groups is 1. The molecule has 3 aromatic rings. The maximum absolute atomic E-state index is 10.7. The number of aromatic nitrogens is 2. The highest BCUT2D eigenvalue weighted by Crippen LogP contribution is 2.25. The molecule has 1 heterocycles. The first-order chi connectivity index (χ1) is 10.1. The molecule has 1 aromatic heterocycles. The SMILES string of the molecule is Cn1cc(-c2ccc([N+](=O)[O-])cc2)nc1-c1ccccc1. The van der Waals surface area contributed by atoms with Gasteiger partial charge in [0.2, 0.25) is 0 Å². The molecule has 104 valence electrons. The van der Waals surface area contributed by atoms with Gasteiger partial charge in [-0.3, -0.25) is 10.1 Å². The zero-order valence-corrected chi connectivity index (χ0v) is 11.4. The number of nitrogens with zero attached hydrogens (tertiary/aromatic N) is 3. The molecule has 0 bridgehead atoms. The fourth-order valence-corrected chi connectivity index (χ4v) is 2.21. The van der Waals surface area contributed by atoms with Gasteiger partial charge in [-0.25, -0.2) is 4.98 Å². The summed E-state index contributed by atoms with van der Waals surface area (Å²) in [6.45, 7) is 0. The molecule has 0 fully saturated rings. The van der Waals surface area contributed by atoms with E-state index in [0.29, 0.717) is 0 Å². The van der Waals surface area contributed by atoms with Gasteiger partial charge in [0.15, 0.2) is 0 Å². The number of hydrogen-bond donors (Lipinski definition) is 0. The molecule has 0 radical (unpaired) electrons. The summed E-state index contributed by atoms with van der Waals surface area (Å²) in [5, 5.41) is 10.7. The molecule has 0 amide bonds. The Hall–Kier alpha value is -2.95. The Labute approximate surface area is 121 Å². The van der Waals surface area contributed by atoms with Crippen molar-refractivity contribution in [1.29, 1.82) is 0 Å². The first kappa shape index (κ1) is 13.1. The summed E-state index contributed by atoms with van der Waals surface area (Å²) in [6, 6.07) is 16.3. The molecule has 0 saturated heterocycles. The summed E-state index contributed by atoms with van der Waals surface area (Å²) < 4.78 is 1.95. The van der Waals surface area contributed by atoms with Gasteiger partial charge in [-0.1, -0.05) is 30.3 Å². The van der Waals surface area contributed by atoms with E-state index >= 15 is 0 Å². The third kappa shape index (κ3) is 2.53. The largest absolute Gasteiger partial charge is 0.333 e. The van der Waals surface area contributed by atoms with E-state index in [2.05, 4.69) is 4.98 Å². The number of non-ortho nitro benzene ring substituents is 1. The molecule has 0 N–H and O–H groups in total. The van der Waals surface area contributed by atoms with Crippen molar-refractivity contribution < 1.29 is 4.92 Å². The maximum atomic E-state index is 10.7. The van der Waals surface area contributed by atoms with Gasteiger partial charge in [-0.15, -0.1) is 0 Å². The second kappa shape index (κ2) is 5.20. The Kier molecular flexibility index (Phi) is 3.23. The first-order valence-electron chi connectivity index (χ1n) is 6.49. The van der Waals surface area contributed by atoms with Crippen LogP contribution in [0.5, 0.6) is 0 Å². The molecular weight excluding hydrogens is 266 g/mol. The van der Waals surface area contributed by atoms with E-state index in [1.165, 1.54) is 12.1 Å². The van der Waals surface area contributed by atoms with Crippen LogP contribution in [0.15, 0.2) is 60.8 Å². The van der Waals surface area contributed by atoms with Gasteiger partial charge in [0.05, 0.1) is 10.6 Å². The van der Waals surface area contributed by atoms with E-state index in [0.717, 1.165) is 22.6 Å². The van der Waals surface area contributed by atoms with Gasteiger partial charge < -0.3 is 4.57 Å². The lowest BCUT2D eigenvalue weighted by Gasteiger charge is -1.99. The zero-order valence-electron chi connectivity index (χ0n) is 11.4. The van der Waals surface area contributed by atoms with Crippen molar-refractivity contribution in [1.82, 2.24) is 9.55 Å². The van der Waals surface area contributed by atoms with Crippen LogP contribution >= 0.6 is 0 Å². The van der Waals surface area contributed by atoms with Gasteiger partial charge in [-0.2, -0.15) is 0 Å². The van der Waals surface area contributed by atoms with Gasteiger partial charge in [0, 0.05) is 36.5 Å². The molecule has 5 nitrogen and oxygen atoms in total. The van der Waals surface area contributed by atoms with Crippen molar-refractivity contribution in [3.05, 3.63) is 70.9 Å². The minimum atomic E-state index is -0.405. The lowest BCUT2D eigenvalue weighted by Crippen LogP contribution is -1.90. The standard InChI is InChI=1S/C16H13N3O2/c1-18-11-15(12-7-9-14(10-8-12)19(20)21)17-16(18)13-5-3-2-4-6-13/h2-11H,1H3. The van der Waals surface area contributed by atoms with Crippen LogP contribution in [-0.4, -0.2) is 14.5 Å². The van der Waals surface area contributed by atoms with Crippen LogP contribution in [0, 0.1) is 10.1 Å². The van der Waals surface area contributed by atoms with Crippen LogP contribution in [0.2, 0.25) is 0 Å². The van der Waals surface area contributed by atoms with Gasteiger partial charge in [0.25, 0.3) is 5.69 Å². The van der Waals surface area contributed by atoms with Crippen LogP contribution in [-0.2, 0) is 7.05 Å². The Morgan fingerprint density at radius 3 is 2.29 bits per heavy atom. The zero-order chi connectivity index (χ0) is 14.8. The summed E-state index contributed by atoms with van der Waals surface area (Å²) in [4.78, 5) is 14.9. The molecule has 0 aliphatic carbocycles. The number of rotatable bonds is 3. The quantitative estimate of drug-likeness (QED) is 0.543. The van der Waals surface area contributed by atoms with E-state index in [1.807, 2.05) is 48.1 Å². The highest BCUT2D eigenvalue weighted by molar-refractivity contribution is 5.65. The fraction of sp³-hybridized carbons (Fsp3) is 0.0625. The summed E-state index contributed by atoms with van der Waals surface area (Å²) in [7, 11) is 1.93. The van der Waals surface area contributed by atoms with E-state index in [1.54, 1.807) is 12.1 Å². The van der Waals surface area contributed by atoms with Crippen molar-refractivity contribution in [2.75, 3.05) is 0 Å². The normalized spacial score (nSPS) is 10.5. The molecule has 2 aromatic carbocycles.